The second kappa shape index (κ2) is 7.40. The molecule has 12 heteroatoms. The van der Waals surface area contributed by atoms with E-state index in [0.717, 1.165) is 11.8 Å². The summed E-state index contributed by atoms with van der Waals surface area (Å²) in [6.07, 6.45) is -4.74. The van der Waals surface area contributed by atoms with E-state index in [1.54, 1.807) is 12.1 Å². The predicted molar refractivity (Wildman–Crippen MR) is 87.1 cm³/mol. The zero-order valence-electron chi connectivity index (χ0n) is 13.0. The molecule has 1 unspecified atom stereocenters. The summed E-state index contributed by atoms with van der Waals surface area (Å²) in [5.41, 5.74) is 0.331. The van der Waals surface area contributed by atoms with Crippen molar-refractivity contribution in [1.29, 1.82) is 0 Å². The summed E-state index contributed by atoms with van der Waals surface area (Å²) in [4.78, 5) is 12.3. The minimum Gasteiger partial charge on any atom is -0.495 e. The summed E-state index contributed by atoms with van der Waals surface area (Å²) in [5.74, 6) is 3.88. The SMILES string of the molecule is COc1ccc(Cl)cc1NC(=O)C(C)Sc1nnc(C(F)(F)F)n1N. The van der Waals surface area contributed by atoms with E-state index in [0.29, 0.717) is 21.1 Å². The van der Waals surface area contributed by atoms with Crippen molar-refractivity contribution in [1.82, 2.24) is 14.9 Å². The Morgan fingerprint density at radius 2 is 2.12 bits per heavy atom. The maximum absolute atomic E-state index is 12.6. The fourth-order valence-electron chi connectivity index (χ4n) is 1.77. The Kier molecular flexibility index (Phi) is 5.68. The van der Waals surface area contributed by atoms with Crippen LogP contribution in [0.25, 0.3) is 0 Å². The zero-order valence-corrected chi connectivity index (χ0v) is 14.5. The van der Waals surface area contributed by atoms with Crippen molar-refractivity contribution < 1.29 is 22.7 Å². The molecule has 0 saturated heterocycles. The number of methoxy groups -OCH3 is 1. The molecule has 1 aromatic heterocycles. The second-order valence-corrected chi connectivity index (χ2v) is 6.51. The Morgan fingerprint density at radius 3 is 2.68 bits per heavy atom. The van der Waals surface area contributed by atoms with Crippen LogP contribution >= 0.6 is 23.4 Å². The number of benzene rings is 1. The number of anilines is 1. The number of alkyl halides is 3. The molecule has 0 radical (unpaired) electrons. The molecule has 25 heavy (non-hydrogen) atoms. The highest BCUT2D eigenvalue weighted by Gasteiger charge is 2.38. The molecule has 0 aliphatic heterocycles. The number of rotatable bonds is 5. The summed E-state index contributed by atoms with van der Waals surface area (Å²) < 4.78 is 43.4. The molecule has 1 atom stereocenters. The number of nitrogens with two attached hydrogens (primary N) is 1. The lowest BCUT2D eigenvalue weighted by Crippen LogP contribution is -2.25. The number of hydrogen-bond donors (Lipinski definition) is 2. The summed E-state index contributed by atoms with van der Waals surface area (Å²) in [7, 11) is 1.42. The van der Waals surface area contributed by atoms with E-state index in [1.807, 2.05) is 0 Å². The number of nitrogen functional groups attached to an aromatic ring is 1. The Morgan fingerprint density at radius 1 is 1.44 bits per heavy atom. The fourth-order valence-corrected chi connectivity index (χ4v) is 2.72. The highest BCUT2D eigenvalue weighted by Crippen LogP contribution is 2.31. The third kappa shape index (κ3) is 4.48. The standard InChI is InChI=1S/C13H13ClF3N5O2S/c1-6(25-12-21-20-11(22(12)18)13(15,16)17)10(23)19-8-5-7(14)3-4-9(8)24-2/h3-6H,18H2,1-2H3,(H,19,23). The molecular formula is C13H13ClF3N5O2S. The van der Waals surface area contributed by atoms with E-state index in [9.17, 15) is 18.0 Å². The average molecular weight is 396 g/mol. The first-order valence-corrected chi connectivity index (χ1v) is 7.98. The van der Waals surface area contributed by atoms with Crippen LogP contribution in [0.15, 0.2) is 23.4 Å². The number of nitrogens with zero attached hydrogens (tertiary/aromatic N) is 3. The van der Waals surface area contributed by atoms with Crippen molar-refractivity contribution >= 4 is 35.0 Å². The van der Waals surface area contributed by atoms with E-state index < -0.39 is 23.2 Å². The van der Waals surface area contributed by atoms with Crippen molar-refractivity contribution in [3.8, 4) is 5.75 Å². The normalized spacial score (nSPS) is 12.7. The smallest absolute Gasteiger partial charge is 0.453 e. The van der Waals surface area contributed by atoms with Gasteiger partial charge in [0.15, 0.2) is 0 Å². The number of ether oxygens (including phenoxy) is 1. The number of aromatic nitrogens is 3. The molecule has 0 bridgehead atoms. The van der Waals surface area contributed by atoms with Crippen LogP contribution in [0.1, 0.15) is 12.7 Å². The molecule has 0 aliphatic carbocycles. The summed E-state index contributed by atoms with van der Waals surface area (Å²) in [6, 6.07) is 4.65. The van der Waals surface area contributed by atoms with Crippen LogP contribution in [0.4, 0.5) is 18.9 Å². The summed E-state index contributed by atoms with van der Waals surface area (Å²) in [5, 5.41) is 8.28. The Balaban J connectivity index is 2.12. The largest absolute Gasteiger partial charge is 0.495 e. The van der Waals surface area contributed by atoms with Gasteiger partial charge in [0.25, 0.3) is 5.82 Å². The van der Waals surface area contributed by atoms with Crippen LogP contribution in [0.2, 0.25) is 5.02 Å². The van der Waals surface area contributed by atoms with E-state index in [-0.39, 0.29) is 5.16 Å². The lowest BCUT2D eigenvalue weighted by atomic mass is 10.3. The molecule has 0 saturated carbocycles. The minimum absolute atomic E-state index is 0.243. The minimum atomic E-state index is -4.74. The lowest BCUT2D eigenvalue weighted by molar-refractivity contribution is -0.146. The van der Waals surface area contributed by atoms with E-state index >= 15 is 0 Å². The summed E-state index contributed by atoms with van der Waals surface area (Å²) >= 11 is 6.61. The molecule has 1 aromatic carbocycles. The molecular weight excluding hydrogens is 383 g/mol. The molecule has 2 rings (SSSR count). The number of carbonyl (C=O) groups is 1. The number of nitrogens with one attached hydrogen (secondary N) is 1. The van der Waals surface area contributed by atoms with Gasteiger partial charge in [0.1, 0.15) is 5.75 Å². The van der Waals surface area contributed by atoms with Crippen LogP contribution in [-0.4, -0.2) is 33.1 Å². The maximum Gasteiger partial charge on any atom is 0.453 e. The van der Waals surface area contributed by atoms with Crippen molar-refractivity contribution in [3.63, 3.8) is 0 Å². The molecule has 3 N–H and O–H groups in total. The molecule has 7 nitrogen and oxygen atoms in total. The Hall–Kier alpha value is -2.14. The molecule has 1 amide bonds. The van der Waals surface area contributed by atoms with Crippen molar-refractivity contribution in [2.75, 3.05) is 18.3 Å². The third-order valence-corrected chi connectivity index (χ3v) is 4.28. The predicted octanol–water partition coefficient (Wildman–Crippen LogP) is 2.79. The van der Waals surface area contributed by atoms with E-state index in [4.69, 9.17) is 22.2 Å². The first kappa shape index (κ1) is 19.2. The Bertz CT molecular complexity index is 784. The summed E-state index contributed by atoms with van der Waals surface area (Å²) in [6.45, 7) is 1.49. The monoisotopic (exact) mass is 395 g/mol. The molecule has 0 aliphatic rings. The van der Waals surface area contributed by atoms with Crippen LogP contribution in [0.3, 0.4) is 0 Å². The van der Waals surface area contributed by atoms with Crippen molar-refractivity contribution in [2.24, 2.45) is 0 Å². The average Bonchev–Trinajstić information content (AvgIpc) is 2.88. The van der Waals surface area contributed by atoms with Crippen LogP contribution in [0.5, 0.6) is 5.75 Å². The number of hydrogen-bond acceptors (Lipinski definition) is 6. The van der Waals surface area contributed by atoms with Crippen molar-refractivity contribution in [2.45, 2.75) is 23.5 Å². The molecule has 2 aromatic rings. The molecule has 0 spiro atoms. The highest BCUT2D eigenvalue weighted by atomic mass is 35.5. The zero-order chi connectivity index (χ0) is 18.8. The second-order valence-electron chi connectivity index (χ2n) is 4.77. The van der Waals surface area contributed by atoms with Crippen LogP contribution < -0.4 is 15.9 Å². The third-order valence-electron chi connectivity index (χ3n) is 2.99. The molecule has 0 fully saturated rings. The van der Waals surface area contributed by atoms with Gasteiger partial charge in [-0.2, -0.15) is 13.2 Å². The van der Waals surface area contributed by atoms with Gasteiger partial charge >= 0.3 is 6.18 Å². The first-order chi connectivity index (χ1) is 11.6. The lowest BCUT2D eigenvalue weighted by Gasteiger charge is -2.14. The van der Waals surface area contributed by atoms with Crippen LogP contribution in [-0.2, 0) is 11.0 Å². The van der Waals surface area contributed by atoms with Gasteiger partial charge in [0.05, 0.1) is 18.0 Å². The van der Waals surface area contributed by atoms with Crippen LogP contribution in [0, 0.1) is 0 Å². The van der Waals surface area contributed by atoms with Gasteiger partial charge in [0, 0.05) is 5.02 Å². The topological polar surface area (TPSA) is 95.1 Å². The van der Waals surface area contributed by atoms with Gasteiger partial charge in [-0.25, -0.2) is 4.68 Å². The number of amides is 1. The highest BCUT2D eigenvalue weighted by molar-refractivity contribution is 8.00. The van der Waals surface area contributed by atoms with E-state index in [1.165, 1.54) is 20.1 Å². The van der Waals surface area contributed by atoms with E-state index in [2.05, 4.69) is 15.5 Å². The van der Waals surface area contributed by atoms with Crippen molar-refractivity contribution in [3.05, 3.63) is 29.0 Å². The van der Waals surface area contributed by atoms with Gasteiger partial charge in [-0.15, -0.1) is 10.2 Å². The molecule has 1 heterocycles. The quantitative estimate of drug-likeness (QED) is 0.597. The molecule has 136 valence electrons. The van der Waals surface area contributed by atoms with Gasteiger partial charge in [0.2, 0.25) is 11.1 Å². The number of halogens is 4. The van der Waals surface area contributed by atoms with Gasteiger partial charge < -0.3 is 15.9 Å². The number of thioether (sulfide) groups is 1. The number of carbonyl (C=O) groups excluding carboxylic acids is 1. The van der Waals surface area contributed by atoms with Gasteiger partial charge in [-0.05, 0) is 25.1 Å². The Labute approximate surface area is 149 Å². The maximum atomic E-state index is 12.6. The fraction of sp³-hybridized carbons (Fsp3) is 0.308. The first-order valence-electron chi connectivity index (χ1n) is 6.72. The van der Waals surface area contributed by atoms with Gasteiger partial charge in [-0.3, -0.25) is 4.79 Å². The van der Waals surface area contributed by atoms with Gasteiger partial charge in [-0.1, -0.05) is 23.4 Å².